The molecule has 3 aliphatic rings. The van der Waals surface area contributed by atoms with Crippen molar-refractivity contribution in [1.29, 1.82) is 0 Å². The Bertz CT molecular complexity index is 496. The third kappa shape index (κ3) is 3.23. The van der Waals surface area contributed by atoms with E-state index >= 15 is 0 Å². The summed E-state index contributed by atoms with van der Waals surface area (Å²) in [5.74, 6) is 2.05. The predicted octanol–water partition coefficient (Wildman–Crippen LogP) is 3.20. The molecule has 1 N–H and O–H groups in total. The minimum atomic E-state index is 0.184. The van der Waals surface area contributed by atoms with Gasteiger partial charge in [-0.2, -0.15) is 5.10 Å². The second kappa shape index (κ2) is 6.32. The summed E-state index contributed by atoms with van der Waals surface area (Å²) in [7, 11) is 1.98. The summed E-state index contributed by atoms with van der Waals surface area (Å²) >= 11 is 0. The molecular weight excluding hydrogens is 274 g/mol. The van der Waals surface area contributed by atoms with Crippen LogP contribution in [-0.4, -0.2) is 28.5 Å². The third-order valence-corrected chi connectivity index (χ3v) is 5.83. The van der Waals surface area contributed by atoms with Crippen molar-refractivity contribution in [1.82, 2.24) is 15.1 Å². The van der Waals surface area contributed by atoms with Crippen LogP contribution in [0, 0.1) is 11.8 Å². The van der Waals surface area contributed by atoms with Gasteiger partial charge in [-0.1, -0.05) is 12.8 Å². The monoisotopic (exact) mass is 303 g/mol. The van der Waals surface area contributed by atoms with E-state index in [1.165, 1.54) is 56.9 Å². The molecule has 4 rings (SSSR count). The highest BCUT2D eigenvalue weighted by Gasteiger charge is 2.36. The van der Waals surface area contributed by atoms with Gasteiger partial charge in [-0.25, -0.2) is 0 Å². The lowest BCUT2D eigenvalue weighted by Gasteiger charge is -2.38. The molecule has 0 radical (unpaired) electrons. The number of nitrogens with zero attached hydrogens (tertiary/aromatic N) is 2. The molecular formula is C18H29N3O. The molecule has 1 aliphatic heterocycles. The van der Waals surface area contributed by atoms with Crippen LogP contribution in [0.4, 0.5) is 0 Å². The highest BCUT2D eigenvalue weighted by molar-refractivity contribution is 5.12. The number of hydrogen-bond acceptors (Lipinski definition) is 3. The first kappa shape index (κ1) is 14.7. The molecule has 0 unspecified atom stereocenters. The zero-order valence-electron chi connectivity index (χ0n) is 13.7. The Balaban J connectivity index is 1.40. The normalized spacial score (nSPS) is 36.4. The van der Waals surface area contributed by atoms with Gasteiger partial charge in [-0.15, -0.1) is 0 Å². The lowest BCUT2D eigenvalue weighted by molar-refractivity contribution is -0.0162. The van der Waals surface area contributed by atoms with Crippen LogP contribution in [0.2, 0.25) is 0 Å². The summed E-state index contributed by atoms with van der Waals surface area (Å²) in [6.07, 6.45) is 15.3. The zero-order valence-corrected chi connectivity index (χ0v) is 13.7. The Kier molecular flexibility index (Phi) is 4.23. The van der Waals surface area contributed by atoms with Crippen molar-refractivity contribution < 1.29 is 4.74 Å². The first-order valence-corrected chi connectivity index (χ1v) is 9.16. The average molecular weight is 303 g/mol. The quantitative estimate of drug-likeness (QED) is 0.928. The molecule has 4 heteroatoms. The van der Waals surface area contributed by atoms with Gasteiger partial charge >= 0.3 is 0 Å². The van der Waals surface area contributed by atoms with Crippen LogP contribution in [0.25, 0.3) is 0 Å². The maximum absolute atomic E-state index is 6.10. The van der Waals surface area contributed by atoms with E-state index in [1.54, 1.807) is 0 Å². The lowest BCUT2D eigenvalue weighted by atomic mass is 9.82. The van der Waals surface area contributed by atoms with Gasteiger partial charge in [0.25, 0.3) is 0 Å². The smallest absolute Gasteiger partial charge is 0.101 e. The minimum absolute atomic E-state index is 0.184. The molecule has 22 heavy (non-hydrogen) atoms. The highest BCUT2D eigenvalue weighted by Crippen LogP contribution is 2.44. The number of nitrogens with one attached hydrogen (secondary N) is 1. The van der Waals surface area contributed by atoms with E-state index in [9.17, 15) is 0 Å². The fourth-order valence-electron chi connectivity index (χ4n) is 4.54. The van der Waals surface area contributed by atoms with Crippen molar-refractivity contribution in [2.75, 3.05) is 6.61 Å². The standard InChI is InChI=1S/C18H29N3O/c1-21-12-15(11-19-21)18-17(6-3-9-22-18)20-16-5-2-4-14(10-16)13-7-8-13/h11-14,16-18,20H,2-10H2,1H3/t14-,16-,17+,18-/m1/s1. The van der Waals surface area contributed by atoms with Crippen LogP contribution in [0.3, 0.4) is 0 Å². The summed E-state index contributed by atoms with van der Waals surface area (Å²) in [6, 6.07) is 1.16. The highest BCUT2D eigenvalue weighted by atomic mass is 16.5. The van der Waals surface area contributed by atoms with Crippen LogP contribution in [0.5, 0.6) is 0 Å². The fourth-order valence-corrected chi connectivity index (χ4v) is 4.54. The Morgan fingerprint density at radius 3 is 2.82 bits per heavy atom. The molecule has 1 saturated heterocycles. The summed E-state index contributed by atoms with van der Waals surface area (Å²) in [5, 5.41) is 8.29. The Morgan fingerprint density at radius 2 is 2.05 bits per heavy atom. The second-order valence-electron chi connectivity index (χ2n) is 7.62. The zero-order chi connectivity index (χ0) is 14.9. The van der Waals surface area contributed by atoms with Crippen molar-refractivity contribution in [2.45, 2.75) is 69.6 Å². The molecule has 4 atom stereocenters. The van der Waals surface area contributed by atoms with E-state index in [0.717, 1.165) is 18.4 Å². The Morgan fingerprint density at radius 1 is 1.14 bits per heavy atom. The lowest BCUT2D eigenvalue weighted by Crippen LogP contribution is -2.46. The maximum atomic E-state index is 6.10. The van der Waals surface area contributed by atoms with Crippen LogP contribution in [0.1, 0.15) is 63.0 Å². The van der Waals surface area contributed by atoms with Gasteiger partial charge in [0, 0.05) is 37.5 Å². The van der Waals surface area contributed by atoms with Gasteiger partial charge in [-0.3, -0.25) is 4.68 Å². The third-order valence-electron chi connectivity index (χ3n) is 5.83. The van der Waals surface area contributed by atoms with Crippen LogP contribution < -0.4 is 5.32 Å². The molecule has 0 spiro atoms. The van der Waals surface area contributed by atoms with Crippen LogP contribution in [-0.2, 0) is 11.8 Å². The Labute approximate surface area is 133 Å². The van der Waals surface area contributed by atoms with Crippen molar-refractivity contribution in [2.24, 2.45) is 18.9 Å². The first-order valence-electron chi connectivity index (χ1n) is 9.16. The van der Waals surface area contributed by atoms with Crippen molar-refractivity contribution in [3.8, 4) is 0 Å². The number of hydrogen-bond donors (Lipinski definition) is 1. The van der Waals surface area contributed by atoms with Gasteiger partial charge in [0.2, 0.25) is 0 Å². The summed E-state index contributed by atoms with van der Waals surface area (Å²) in [6.45, 7) is 0.882. The van der Waals surface area contributed by atoms with E-state index < -0.39 is 0 Å². The molecule has 2 saturated carbocycles. The first-order chi connectivity index (χ1) is 10.8. The van der Waals surface area contributed by atoms with Gasteiger partial charge in [0.1, 0.15) is 6.10 Å². The van der Waals surface area contributed by atoms with E-state index in [1.807, 2.05) is 17.9 Å². The summed E-state index contributed by atoms with van der Waals surface area (Å²) in [5.41, 5.74) is 1.23. The van der Waals surface area contributed by atoms with Gasteiger partial charge in [0.05, 0.1) is 6.20 Å². The van der Waals surface area contributed by atoms with Crippen LogP contribution in [0.15, 0.2) is 12.4 Å². The number of aryl methyl sites for hydroxylation is 1. The fraction of sp³-hybridized carbons (Fsp3) is 0.833. The molecule has 3 fully saturated rings. The molecule has 1 aromatic rings. The van der Waals surface area contributed by atoms with E-state index in [-0.39, 0.29) is 6.10 Å². The average Bonchev–Trinajstić information content (AvgIpc) is 3.30. The molecule has 0 aromatic carbocycles. The van der Waals surface area contributed by atoms with Crippen molar-refractivity contribution in [3.05, 3.63) is 18.0 Å². The molecule has 0 amide bonds. The maximum Gasteiger partial charge on any atom is 0.101 e. The summed E-state index contributed by atoms with van der Waals surface area (Å²) in [4.78, 5) is 0. The van der Waals surface area contributed by atoms with Gasteiger partial charge in [0.15, 0.2) is 0 Å². The van der Waals surface area contributed by atoms with E-state index in [4.69, 9.17) is 4.74 Å². The largest absolute Gasteiger partial charge is 0.372 e. The van der Waals surface area contributed by atoms with Crippen molar-refractivity contribution in [3.63, 3.8) is 0 Å². The number of aromatic nitrogens is 2. The molecule has 2 aliphatic carbocycles. The SMILES string of the molecule is Cn1cc([C@H]2OCCC[C@@H]2N[C@@H]2CCC[C@@H](C3CC3)C2)cn1. The molecule has 0 bridgehead atoms. The molecule has 1 aromatic heterocycles. The number of ether oxygens (including phenoxy) is 1. The number of rotatable bonds is 4. The van der Waals surface area contributed by atoms with E-state index in [2.05, 4.69) is 16.6 Å². The molecule has 2 heterocycles. The van der Waals surface area contributed by atoms with E-state index in [0.29, 0.717) is 12.1 Å². The molecule has 4 nitrogen and oxygen atoms in total. The van der Waals surface area contributed by atoms with Crippen molar-refractivity contribution >= 4 is 0 Å². The predicted molar refractivity (Wildman–Crippen MR) is 86.5 cm³/mol. The molecule has 122 valence electrons. The minimum Gasteiger partial charge on any atom is -0.372 e. The van der Waals surface area contributed by atoms with Crippen LogP contribution >= 0.6 is 0 Å². The van der Waals surface area contributed by atoms with Gasteiger partial charge < -0.3 is 10.1 Å². The second-order valence-corrected chi connectivity index (χ2v) is 7.62. The topological polar surface area (TPSA) is 39.1 Å². The summed E-state index contributed by atoms with van der Waals surface area (Å²) < 4.78 is 7.99. The Hall–Kier alpha value is -0.870. The van der Waals surface area contributed by atoms with Gasteiger partial charge in [-0.05, 0) is 50.4 Å².